The van der Waals surface area contributed by atoms with Gasteiger partial charge in [0.05, 0.1) is 24.7 Å². The van der Waals surface area contributed by atoms with Crippen LogP contribution in [0.4, 0.5) is 32.8 Å². The van der Waals surface area contributed by atoms with E-state index in [0.717, 1.165) is 28.4 Å². The van der Waals surface area contributed by atoms with E-state index in [2.05, 4.69) is 20.4 Å². The molecule has 3 aromatic rings. The number of hydrogen-bond acceptors (Lipinski definition) is 8. The monoisotopic (exact) mass is 694 g/mol. The van der Waals surface area contributed by atoms with Crippen LogP contribution in [0.25, 0.3) is 11.0 Å². The highest BCUT2D eigenvalue weighted by Gasteiger charge is 2.29. The molecule has 2 heterocycles. The molecule has 0 aliphatic heterocycles. The van der Waals surface area contributed by atoms with Crippen molar-refractivity contribution >= 4 is 40.7 Å². The van der Waals surface area contributed by atoms with Crippen molar-refractivity contribution in [1.82, 2.24) is 24.3 Å². The van der Waals surface area contributed by atoms with Crippen molar-refractivity contribution in [3.05, 3.63) is 70.2 Å². The summed E-state index contributed by atoms with van der Waals surface area (Å²) in [4.78, 5) is 69.5. The number of allylic oxidation sites excluding steroid dienone is 1. The number of imidazole rings is 1. The molecule has 49 heavy (non-hydrogen) atoms. The number of carbonyl (C=O) groups excluding carboxylic acids is 4. The van der Waals surface area contributed by atoms with Gasteiger partial charge in [0, 0.05) is 32.8 Å². The SMILES string of the molecule is COC(=O)N[C@@H](CC/C=C/C(=O)N(C)C)C(=O)Nc1cccn(Cc2nc3c(CCC(F)(F)F)cc(F)cc3n2C(=O)OC(C)(C)C)c1=O. The van der Waals surface area contributed by atoms with E-state index in [9.17, 15) is 41.5 Å². The van der Waals surface area contributed by atoms with Crippen LogP contribution in [0.15, 0.2) is 47.4 Å². The Morgan fingerprint density at radius 1 is 1.12 bits per heavy atom. The zero-order chi connectivity index (χ0) is 36.7. The van der Waals surface area contributed by atoms with Crippen molar-refractivity contribution in [2.24, 2.45) is 0 Å². The largest absolute Gasteiger partial charge is 0.453 e. The normalized spacial score (nSPS) is 12.5. The fourth-order valence-corrected chi connectivity index (χ4v) is 4.54. The third-order valence-corrected chi connectivity index (χ3v) is 6.83. The van der Waals surface area contributed by atoms with E-state index in [0.29, 0.717) is 0 Å². The minimum Gasteiger partial charge on any atom is -0.453 e. The minimum absolute atomic E-state index is 0.0340. The Kier molecular flexibility index (Phi) is 12.3. The topological polar surface area (TPSA) is 154 Å². The molecule has 3 rings (SSSR count). The number of carbonyl (C=O) groups is 4. The maximum atomic E-state index is 14.7. The standard InChI is InChI=1S/C32H38F4N6O7/c1-31(2,3)49-30(47)42-23-17-20(33)16-19(13-14-32(34,35)36)26(23)39-24(42)18-41-15-9-11-22(28(41)45)37-27(44)21(38-29(46)48-6)10-7-8-12-25(43)40(4)5/h8-9,11-12,15-17,21H,7,10,13-14,18H2,1-6H3,(H,37,44)(H,38,46)/b12-8+/t21-/m0/s1. The van der Waals surface area contributed by atoms with Crippen LogP contribution >= 0.6 is 0 Å². The molecule has 1 atom stereocenters. The van der Waals surface area contributed by atoms with Crippen LogP contribution in [0.2, 0.25) is 0 Å². The van der Waals surface area contributed by atoms with Gasteiger partial charge in [-0.1, -0.05) is 6.08 Å². The molecular weight excluding hydrogens is 656 g/mol. The number of halogens is 4. The second-order valence-corrected chi connectivity index (χ2v) is 12.1. The maximum Gasteiger partial charge on any atom is 0.420 e. The zero-order valence-corrected chi connectivity index (χ0v) is 27.8. The van der Waals surface area contributed by atoms with Crippen LogP contribution in [0.3, 0.4) is 0 Å². The summed E-state index contributed by atoms with van der Waals surface area (Å²) in [5, 5.41) is 4.84. The summed E-state index contributed by atoms with van der Waals surface area (Å²) < 4.78 is 65.9. The number of hydrogen-bond donors (Lipinski definition) is 2. The lowest BCUT2D eigenvalue weighted by Gasteiger charge is -2.20. The van der Waals surface area contributed by atoms with Crippen molar-refractivity contribution < 1.29 is 46.2 Å². The Bertz CT molecular complexity index is 1790. The molecule has 17 heteroatoms. The Hall–Kier alpha value is -5.22. The summed E-state index contributed by atoms with van der Waals surface area (Å²) in [6.45, 7) is 4.30. The predicted molar refractivity (Wildman–Crippen MR) is 171 cm³/mol. The van der Waals surface area contributed by atoms with Gasteiger partial charge >= 0.3 is 18.4 Å². The highest BCUT2D eigenvalue weighted by Crippen LogP contribution is 2.28. The average molecular weight is 695 g/mol. The maximum absolute atomic E-state index is 14.7. The van der Waals surface area contributed by atoms with Crippen LogP contribution < -0.4 is 16.2 Å². The third kappa shape index (κ3) is 10.9. The molecule has 2 aromatic heterocycles. The first kappa shape index (κ1) is 38.2. The lowest BCUT2D eigenvalue weighted by atomic mass is 10.1. The fraction of sp³-hybridized carbons (Fsp3) is 0.438. The van der Waals surface area contributed by atoms with Crippen LogP contribution in [-0.2, 0) is 32.0 Å². The number of methoxy groups -OCH3 is 1. The summed E-state index contributed by atoms with van der Waals surface area (Å²) >= 11 is 0. The van der Waals surface area contributed by atoms with Gasteiger partial charge in [0.1, 0.15) is 29.0 Å². The lowest BCUT2D eigenvalue weighted by molar-refractivity contribution is -0.134. The van der Waals surface area contributed by atoms with Crippen molar-refractivity contribution in [3.63, 3.8) is 0 Å². The van der Waals surface area contributed by atoms with Gasteiger partial charge in [0.15, 0.2) is 0 Å². The lowest BCUT2D eigenvalue weighted by Crippen LogP contribution is -2.44. The van der Waals surface area contributed by atoms with Gasteiger partial charge < -0.3 is 29.6 Å². The minimum atomic E-state index is -4.54. The number of nitrogens with zero attached hydrogens (tertiary/aromatic N) is 4. The molecule has 0 spiro atoms. The number of rotatable bonds is 11. The fourth-order valence-electron chi connectivity index (χ4n) is 4.54. The zero-order valence-electron chi connectivity index (χ0n) is 27.8. The van der Waals surface area contributed by atoms with Gasteiger partial charge in [-0.3, -0.25) is 14.4 Å². The molecule has 0 fully saturated rings. The molecule has 0 aliphatic carbocycles. The van der Waals surface area contributed by atoms with Crippen LogP contribution in [0.5, 0.6) is 0 Å². The average Bonchev–Trinajstić information content (AvgIpc) is 3.35. The molecule has 1 aromatic carbocycles. The Morgan fingerprint density at radius 2 is 1.82 bits per heavy atom. The summed E-state index contributed by atoms with van der Waals surface area (Å²) in [5.74, 6) is -2.12. The van der Waals surface area contributed by atoms with E-state index in [1.807, 2.05) is 0 Å². The van der Waals surface area contributed by atoms with Gasteiger partial charge in [-0.05, 0) is 69.9 Å². The molecule has 266 valence electrons. The first-order valence-electron chi connectivity index (χ1n) is 15.0. The Labute approximate surface area is 278 Å². The van der Waals surface area contributed by atoms with E-state index < -0.39 is 66.7 Å². The molecular formula is C32H38F4N6O7. The molecule has 13 nitrogen and oxygen atoms in total. The van der Waals surface area contributed by atoms with Crippen molar-refractivity contribution in [2.75, 3.05) is 26.5 Å². The number of ether oxygens (including phenoxy) is 2. The molecule has 0 radical (unpaired) electrons. The highest BCUT2D eigenvalue weighted by atomic mass is 19.4. The van der Waals surface area contributed by atoms with Crippen LogP contribution in [0, 0.1) is 5.82 Å². The number of alkyl carbamates (subject to hydrolysis) is 1. The van der Waals surface area contributed by atoms with Crippen molar-refractivity contribution in [1.29, 1.82) is 0 Å². The number of aromatic nitrogens is 3. The molecule has 3 amide bonds. The van der Waals surface area contributed by atoms with E-state index in [4.69, 9.17) is 4.74 Å². The van der Waals surface area contributed by atoms with Crippen LogP contribution in [-0.4, -0.2) is 82.0 Å². The number of pyridine rings is 1. The molecule has 0 bridgehead atoms. The number of benzene rings is 1. The van der Waals surface area contributed by atoms with Gasteiger partial charge in [-0.15, -0.1) is 0 Å². The second-order valence-electron chi connectivity index (χ2n) is 12.1. The number of anilines is 1. The van der Waals surface area contributed by atoms with E-state index in [1.165, 1.54) is 35.4 Å². The number of aryl methyl sites for hydroxylation is 1. The van der Waals surface area contributed by atoms with Crippen molar-refractivity contribution in [2.45, 2.75) is 70.8 Å². The van der Waals surface area contributed by atoms with Gasteiger partial charge in [-0.2, -0.15) is 13.2 Å². The molecule has 0 aliphatic rings. The van der Waals surface area contributed by atoms with E-state index in [1.54, 1.807) is 34.9 Å². The van der Waals surface area contributed by atoms with E-state index in [-0.39, 0.29) is 46.9 Å². The number of fused-ring (bicyclic) bond motifs is 1. The van der Waals surface area contributed by atoms with E-state index >= 15 is 0 Å². The summed E-state index contributed by atoms with van der Waals surface area (Å²) in [7, 11) is 4.24. The first-order chi connectivity index (χ1) is 22.8. The highest BCUT2D eigenvalue weighted by molar-refractivity contribution is 5.96. The summed E-state index contributed by atoms with van der Waals surface area (Å²) in [5.41, 5.74) is -2.35. The molecule has 2 N–H and O–H groups in total. The molecule has 0 unspecified atom stereocenters. The molecule has 0 saturated carbocycles. The smallest absolute Gasteiger partial charge is 0.420 e. The first-order valence-corrected chi connectivity index (χ1v) is 15.0. The van der Waals surface area contributed by atoms with Gasteiger partial charge in [-0.25, -0.2) is 23.5 Å². The predicted octanol–water partition coefficient (Wildman–Crippen LogP) is 4.75. The number of amides is 3. The van der Waals surface area contributed by atoms with Gasteiger partial charge in [0.25, 0.3) is 5.56 Å². The second kappa shape index (κ2) is 15.8. The Morgan fingerprint density at radius 3 is 2.43 bits per heavy atom. The van der Waals surface area contributed by atoms with Crippen molar-refractivity contribution in [3.8, 4) is 0 Å². The number of likely N-dealkylation sites (N-methyl/N-ethyl adjacent to an activating group) is 1. The van der Waals surface area contributed by atoms with Gasteiger partial charge in [0.2, 0.25) is 11.8 Å². The summed E-state index contributed by atoms with van der Waals surface area (Å²) in [6.07, 6.45) is -3.96. The molecule has 0 saturated heterocycles. The number of alkyl halides is 3. The quantitative estimate of drug-likeness (QED) is 0.215. The Balaban J connectivity index is 1.99. The van der Waals surface area contributed by atoms with Crippen LogP contribution in [0.1, 0.15) is 51.4 Å². The summed E-state index contributed by atoms with van der Waals surface area (Å²) in [6, 6.07) is 3.36. The third-order valence-electron chi connectivity index (χ3n) is 6.83. The number of nitrogens with one attached hydrogen (secondary N) is 2.